The van der Waals surface area contributed by atoms with Crippen molar-refractivity contribution in [3.63, 3.8) is 0 Å². The van der Waals surface area contributed by atoms with Gasteiger partial charge in [-0.25, -0.2) is 9.59 Å². The van der Waals surface area contributed by atoms with Crippen LogP contribution in [-0.2, 0) is 15.3 Å². The number of hydrogen-bond acceptors (Lipinski definition) is 8. The molecule has 0 radical (unpaired) electrons. The number of hydrogen-bond donors (Lipinski definition) is 2. The van der Waals surface area contributed by atoms with E-state index in [0.29, 0.717) is 5.56 Å². The SMILES string of the molecule is CN1CCC=C(c2nsnc2SCc2ccc(C#N)cc2)C1.O=C(O)C(=O)O. The normalized spacial score (nSPS) is 13.6. The fourth-order valence-electron chi connectivity index (χ4n) is 2.36. The predicted octanol–water partition coefficient (Wildman–Crippen LogP) is 2.58. The van der Waals surface area contributed by atoms with Crippen molar-refractivity contribution in [2.24, 2.45) is 0 Å². The average Bonchev–Trinajstić information content (AvgIpc) is 3.16. The third-order valence-corrected chi connectivity index (χ3v) is 5.43. The largest absolute Gasteiger partial charge is 0.473 e. The molecule has 28 heavy (non-hydrogen) atoms. The quantitative estimate of drug-likeness (QED) is 0.569. The molecule has 1 aromatic carbocycles. The maximum atomic E-state index is 9.10. The summed E-state index contributed by atoms with van der Waals surface area (Å²) in [4.78, 5) is 20.5. The molecule has 2 N–H and O–H groups in total. The lowest BCUT2D eigenvalue weighted by Crippen LogP contribution is -2.25. The first-order chi connectivity index (χ1) is 13.4. The number of aliphatic carboxylic acids is 2. The molecule has 0 amide bonds. The van der Waals surface area contributed by atoms with Crippen molar-refractivity contribution in [1.82, 2.24) is 13.6 Å². The van der Waals surface area contributed by atoms with Gasteiger partial charge in [0.05, 0.1) is 23.4 Å². The first-order valence-electron chi connectivity index (χ1n) is 8.19. The highest BCUT2D eigenvalue weighted by molar-refractivity contribution is 7.98. The first-order valence-corrected chi connectivity index (χ1v) is 9.91. The summed E-state index contributed by atoms with van der Waals surface area (Å²) >= 11 is 2.99. The van der Waals surface area contributed by atoms with E-state index in [2.05, 4.69) is 32.8 Å². The number of nitrogens with zero attached hydrogens (tertiary/aromatic N) is 4. The Morgan fingerprint density at radius 2 is 1.93 bits per heavy atom. The standard InChI is InChI=1S/C16H16N4S2.C2H2O4/c1-20-8-2-3-14(10-20)15-16(19-22-18-15)21-11-13-6-4-12(9-17)5-7-13;3-1(4)2(5)6/h3-7H,2,8,10-11H2,1H3;(H,3,4)(H,5,6). The fraction of sp³-hybridized carbons (Fsp3) is 0.278. The van der Waals surface area contributed by atoms with E-state index >= 15 is 0 Å². The van der Waals surface area contributed by atoms with Gasteiger partial charge in [-0.3, -0.25) is 0 Å². The van der Waals surface area contributed by atoms with E-state index in [1.165, 1.54) is 22.9 Å². The Kier molecular flexibility index (Phi) is 8.13. The lowest BCUT2D eigenvalue weighted by atomic mass is 10.1. The number of rotatable bonds is 4. The number of carbonyl (C=O) groups is 2. The summed E-state index contributed by atoms with van der Waals surface area (Å²) < 4.78 is 8.93. The number of carboxylic acids is 2. The minimum atomic E-state index is -1.82. The van der Waals surface area contributed by atoms with E-state index in [1.807, 2.05) is 24.3 Å². The van der Waals surface area contributed by atoms with E-state index in [4.69, 9.17) is 25.1 Å². The lowest BCUT2D eigenvalue weighted by molar-refractivity contribution is -0.159. The third-order valence-electron chi connectivity index (χ3n) is 3.75. The molecule has 0 aliphatic carbocycles. The molecule has 0 atom stereocenters. The van der Waals surface area contributed by atoms with Crippen LogP contribution in [0.5, 0.6) is 0 Å². The maximum Gasteiger partial charge on any atom is 0.414 e. The van der Waals surface area contributed by atoms with Crippen molar-refractivity contribution in [3.05, 3.63) is 47.2 Å². The van der Waals surface area contributed by atoms with Crippen molar-refractivity contribution < 1.29 is 19.8 Å². The number of thioether (sulfide) groups is 1. The molecule has 0 spiro atoms. The zero-order chi connectivity index (χ0) is 20.5. The van der Waals surface area contributed by atoms with E-state index < -0.39 is 11.9 Å². The molecule has 0 fully saturated rings. The average molecular weight is 419 g/mol. The highest BCUT2D eigenvalue weighted by Gasteiger charge is 2.17. The van der Waals surface area contributed by atoms with Crippen LogP contribution in [0.4, 0.5) is 0 Å². The van der Waals surface area contributed by atoms with E-state index in [1.54, 1.807) is 11.8 Å². The molecule has 2 aromatic rings. The number of likely N-dealkylation sites (N-methyl/N-ethyl adjacent to an activating group) is 1. The van der Waals surface area contributed by atoms with Crippen molar-refractivity contribution in [1.29, 1.82) is 5.26 Å². The minimum absolute atomic E-state index is 0.695. The monoisotopic (exact) mass is 418 g/mol. The molecule has 0 saturated heterocycles. The van der Waals surface area contributed by atoms with Gasteiger partial charge in [-0.05, 0) is 36.7 Å². The van der Waals surface area contributed by atoms with Gasteiger partial charge in [-0.2, -0.15) is 14.0 Å². The van der Waals surface area contributed by atoms with Crippen molar-refractivity contribution in [2.45, 2.75) is 17.2 Å². The molecule has 0 bridgehead atoms. The summed E-state index contributed by atoms with van der Waals surface area (Å²) in [5, 5.41) is 24.6. The van der Waals surface area contributed by atoms with Crippen molar-refractivity contribution >= 4 is 41.0 Å². The highest BCUT2D eigenvalue weighted by atomic mass is 32.2. The van der Waals surface area contributed by atoms with Gasteiger partial charge in [0.2, 0.25) is 0 Å². The lowest BCUT2D eigenvalue weighted by Gasteiger charge is -2.22. The molecular weight excluding hydrogens is 400 g/mol. The van der Waals surface area contributed by atoms with Gasteiger partial charge in [0.25, 0.3) is 0 Å². The Hall–Kier alpha value is -2.74. The third kappa shape index (κ3) is 6.45. The summed E-state index contributed by atoms with van der Waals surface area (Å²) in [6.07, 6.45) is 3.35. The fourth-order valence-corrected chi connectivity index (χ4v) is 4.03. The Morgan fingerprint density at radius 1 is 1.25 bits per heavy atom. The van der Waals surface area contributed by atoms with Gasteiger partial charge in [-0.1, -0.05) is 30.0 Å². The zero-order valence-electron chi connectivity index (χ0n) is 15.0. The van der Waals surface area contributed by atoms with Crippen molar-refractivity contribution in [3.8, 4) is 6.07 Å². The molecule has 0 unspecified atom stereocenters. The number of nitriles is 1. The Bertz CT molecular complexity index is 891. The van der Waals surface area contributed by atoms with Gasteiger partial charge in [-0.15, -0.1) is 0 Å². The predicted molar refractivity (Wildman–Crippen MR) is 106 cm³/mol. The molecule has 1 aromatic heterocycles. The molecule has 10 heteroatoms. The second-order valence-electron chi connectivity index (χ2n) is 5.88. The van der Waals surface area contributed by atoms with E-state index in [9.17, 15) is 0 Å². The van der Waals surface area contributed by atoms with Crippen LogP contribution in [0.1, 0.15) is 23.2 Å². The molecule has 1 aliphatic rings. The van der Waals surface area contributed by atoms with Gasteiger partial charge in [0.1, 0.15) is 10.7 Å². The summed E-state index contributed by atoms with van der Waals surface area (Å²) in [5.41, 5.74) is 4.21. The summed E-state index contributed by atoms with van der Waals surface area (Å²) in [7, 11) is 2.14. The maximum absolute atomic E-state index is 9.10. The Balaban J connectivity index is 0.000000409. The van der Waals surface area contributed by atoms with E-state index in [-0.39, 0.29) is 0 Å². The summed E-state index contributed by atoms with van der Waals surface area (Å²) in [6.45, 7) is 2.05. The number of benzene rings is 1. The topological polar surface area (TPSA) is 127 Å². The summed E-state index contributed by atoms with van der Waals surface area (Å²) in [6, 6.07) is 9.85. The molecule has 3 rings (SSSR count). The van der Waals surface area contributed by atoms with Crippen LogP contribution < -0.4 is 0 Å². The van der Waals surface area contributed by atoms with E-state index in [0.717, 1.165) is 36.0 Å². The molecule has 1 aliphatic heterocycles. The second kappa shape index (κ2) is 10.6. The smallest absolute Gasteiger partial charge is 0.414 e. The highest BCUT2D eigenvalue weighted by Crippen LogP contribution is 2.30. The molecular formula is C18H18N4O4S2. The van der Waals surface area contributed by atoms with Gasteiger partial charge >= 0.3 is 11.9 Å². The van der Waals surface area contributed by atoms with Crippen LogP contribution >= 0.6 is 23.5 Å². The minimum Gasteiger partial charge on any atom is -0.473 e. The van der Waals surface area contributed by atoms with Crippen LogP contribution in [0, 0.1) is 11.3 Å². The van der Waals surface area contributed by atoms with Gasteiger partial charge < -0.3 is 15.1 Å². The summed E-state index contributed by atoms with van der Waals surface area (Å²) in [5.74, 6) is -2.81. The molecule has 8 nitrogen and oxygen atoms in total. The van der Waals surface area contributed by atoms with Crippen LogP contribution in [0.15, 0.2) is 35.4 Å². The molecule has 146 valence electrons. The van der Waals surface area contributed by atoms with Gasteiger partial charge in [0.15, 0.2) is 0 Å². The Labute approximate surface area is 170 Å². The molecule has 0 saturated carbocycles. The van der Waals surface area contributed by atoms with Crippen LogP contribution in [0.25, 0.3) is 5.57 Å². The van der Waals surface area contributed by atoms with Gasteiger partial charge in [0, 0.05) is 18.8 Å². The first kappa shape index (κ1) is 21.6. The zero-order valence-corrected chi connectivity index (χ0v) is 16.7. The van der Waals surface area contributed by atoms with Crippen LogP contribution in [-0.4, -0.2) is 55.9 Å². The number of aromatic nitrogens is 2. The van der Waals surface area contributed by atoms with Crippen molar-refractivity contribution in [2.75, 3.05) is 20.1 Å². The van der Waals surface area contributed by atoms with Crippen LogP contribution in [0.3, 0.4) is 0 Å². The Morgan fingerprint density at radius 3 is 2.50 bits per heavy atom. The molecule has 2 heterocycles. The number of carboxylic acid groups (broad SMARTS) is 2. The second-order valence-corrected chi connectivity index (χ2v) is 7.37. The van der Waals surface area contributed by atoms with Crippen LogP contribution in [0.2, 0.25) is 0 Å².